The molecule has 0 saturated carbocycles. The van der Waals surface area contributed by atoms with Gasteiger partial charge in [-0.15, -0.1) is 0 Å². The number of anilines is 1. The van der Waals surface area contributed by atoms with Gasteiger partial charge < -0.3 is 43.5 Å². The Morgan fingerprint density at radius 3 is 2.41 bits per heavy atom. The van der Waals surface area contributed by atoms with Gasteiger partial charge in [-0.25, -0.2) is 0 Å². The minimum atomic E-state index is -0.0355. The molecule has 1 fully saturated rings. The van der Waals surface area contributed by atoms with Crippen LogP contribution in [-0.2, 0) is 25.6 Å². The lowest BCUT2D eigenvalue weighted by Crippen LogP contribution is -2.51. The smallest absolute Gasteiger partial charge is 0.142 e. The molecule has 0 aliphatic carbocycles. The lowest BCUT2D eigenvalue weighted by molar-refractivity contribution is -0.0616. The van der Waals surface area contributed by atoms with Crippen molar-refractivity contribution in [3.05, 3.63) is 53.6 Å². The van der Waals surface area contributed by atoms with Crippen LogP contribution >= 0.6 is 0 Å². The van der Waals surface area contributed by atoms with Crippen LogP contribution in [0.25, 0.3) is 0 Å². The monoisotopic (exact) mass is 571 g/mol. The maximum absolute atomic E-state index is 6.66. The molecule has 0 spiro atoms. The van der Waals surface area contributed by atoms with Crippen molar-refractivity contribution in [2.75, 3.05) is 99.0 Å². The SMILES string of the molecule is COCCCOc1ccc([C@@H]2[C@@H](OCc3ccc4c(c3)N(CCCOC)CCO4)CNC[C@H]2OCCN(C)C)cc1. The Labute approximate surface area is 246 Å². The number of nitrogens with one attached hydrogen (secondary N) is 1. The lowest BCUT2D eigenvalue weighted by atomic mass is 9.85. The molecule has 3 atom stereocenters. The Hall–Kier alpha value is -2.40. The van der Waals surface area contributed by atoms with E-state index < -0.39 is 0 Å². The van der Waals surface area contributed by atoms with Gasteiger partial charge in [0.15, 0.2) is 0 Å². The van der Waals surface area contributed by atoms with Gasteiger partial charge in [-0.05, 0) is 55.9 Å². The predicted molar refractivity (Wildman–Crippen MR) is 162 cm³/mol. The predicted octanol–water partition coefficient (Wildman–Crippen LogP) is 3.56. The van der Waals surface area contributed by atoms with Crippen molar-refractivity contribution in [1.82, 2.24) is 10.2 Å². The molecule has 0 unspecified atom stereocenters. The molecule has 228 valence electrons. The Morgan fingerprint density at radius 2 is 1.66 bits per heavy atom. The fourth-order valence-corrected chi connectivity index (χ4v) is 5.43. The summed E-state index contributed by atoms with van der Waals surface area (Å²) in [6.45, 7) is 8.25. The third kappa shape index (κ3) is 9.56. The standard InChI is InChI=1S/C32H49N3O6/c1-34(2)14-19-40-30-22-33-23-31(32(30)26-8-10-27(11-9-26)38-18-6-17-37-4)41-24-25-7-12-29-28(21-25)35(15-20-39-29)13-5-16-36-3/h7-12,21,30-33H,5-6,13-20,22-24H2,1-4H3/t30-,31+,32+/m1/s1. The second-order valence-corrected chi connectivity index (χ2v) is 11.0. The number of nitrogens with zero attached hydrogens (tertiary/aromatic N) is 2. The molecule has 2 aliphatic heterocycles. The van der Waals surface area contributed by atoms with Crippen LogP contribution in [-0.4, -0.2) is 111 Å². The fourth-order valence-electron chi connectivity index (χ4n) is 5.43. The number of benzene rings is 2. The fraction of sp³-hybridized carbons (Fsp3) is 0.625. The van der Waals surface area contributed by atoms with Gasteiger partial charge in [0, 0.05) is 66.0 Å². The molecule has 9 heteroatoms. The topological polar surface area (TPSA) is 73.9 Å². The largest absolute Gasteiger partial charge is 0.494 e. The molecular weight excluding hydrogens is 522 g/mol. The molecule has 0 amide bonds. The summed E-state index contributed by atoms with van der Waals surface area (Å²) in [7, 11) is 7.60. The first-order chi connectivity index (χ1) is 20.1. The van der Waals surface area contributed by atoms with Gasteiger partial charge in [-0.3, -0.25) is 0 Å². The quantitative estimate of drug-likeness (QED) is 0.287. The number of hydrogen-bond donors (Lipinski definition) is 1. The molecule has 2 heterocycles. The molecule has 4 rings (SSSR count). The maximum atomic E-state index is 6.66. The van der Waals surface area contributed by atoms with Crippen LogP contribution in [0.5, 0.6) is 11.5 Å². The number of methoxy groups -OCH3 is 2. The summed E-state index contributed by atoms with van der Waals surface area (Å²) in [5.41, 5.74) is 3.48. The normalized spacial score (nSPS) is 20.6. The number of rotatable bonds is 17. The summed E-state index contributed by atoms with van der Waals surface area (Å²) in [5, 5.41) is 3.56. The minimum Gasteiger partial charge on any atom is -0.494 e. The van der Waals surface area contributed by atoms with Crippen LogP contribution in [0.15, 0.2) is 42.5 Å². The Balaban J connectivity index is 1.45. The van der Waals surface area contributed by atoms with Crippen LogP contribution in [0, 0.1) is 0 Å². The highest BCUT2D eigenvalue weighted by atomic mass is 16.5. The molecule has 9 nitrogen and oxygen atoms in total. The highest BCUT2D eigenvalue weighted by Crippen LogP contribution is 2.35. The lowest BCUT2D eigenvalue weighted by Gasteiger charge is -2.39. The second kappa shape index (κ2) is 16.9. The van der Waals surface area contributed by atoms with E-state index in [1.165, 1.54) is 5.56 Å². The Kier molecular flexibility index (Phi) is 13.0. The zero-order chi connectivity index (χ0) is 28.9. The van der Waals surface area contributed by atoms with Gasteiger partial charge in [-0.1, -0.05) is 18.2 Å². The summed E-state index contributed by atoms with van der Waals surface area (Å²) in [6, 6.07) is 14.8. The van der Waals surface area contributed by atoms with E-state index in [0.717, 1.165) is 74.9 Å². The van der Waals surface area contributed by atoms with Crippen LogP contribution in [0.3, 0.4) is 0 Å². The van der Waals surface area contributed by atoms with Crippen molar-refractivity contribution < 1.29 is 28.4 Å². The van der Waals surface area contributed by atoms with Crippen molar-refractivity contribution in [3.63, 3.8) is 0 Å². The first-order valence-electron chi connectivity index (χ1n) is 14.9. The number of likely N-dealkylation sites (N-methyl/N-ethyl adjacent to an activating group) is 1. The minimum absolute atomic E-state index is 0.00961. The first kappa shape index (κ1) is 31.5. The maximum Gasteiger partial charge on any atom is 0.142 e. The number of fused-ring (bicyclic) bond motifs is 1. The average Bonchev–Trinajstić information content (AvgIpc) is 2.99. The van der Waals surface area contributed by atoms with Gasteiger partial charge in [0.1, 0.15) is 18.1 Å². The third-order valence-electron chi connectivity index (χ3n) is 7.61. The first-order valence-corrected chi connectivity index (χ1v) is 14.9. The van der Waals surface area contributed by atoms with Gasteiger partial charge in [-0.2, -0.15) is 0 Å². The summed E-state index contributed by atoms with van der Waals surface area (Å²) < 4.78 is 35.3. The molecule has 2 aromatic carbocycles. The van der Waals surface area contributed by atoms with Gasteiger partial charge in [0.05, 0.1) is 44.3 Å². The van der Waals surface area contributed by atoms with Gasteiger partial charge in [0.2, 0.25) is 0 Å². The molecule has 1 N–H and O–H groups in total. The molecule has 0 bridgehead atoms. The molecule has 2 aromatic rings. The molecule has 41 heavy (non-hydrogen) atoms. The van der Waals surface area contributed by atoms with E-state index in [-0.39, 0.29) is 18.1 Å². The van der Waals surface area contributed by atoms with Crippen molar-refractivity contribution in [2.24, 2.45) is 0 Å². The highest BCUT2D eigenvalue weighted by Gasteiger charge is 2.36. The van der Waals surface area contributed by atoms with Crippen molar-refractivity contribution >= 4 is 5.69 Å². The molecule has 0 aromatic heterocycles. The van der Waals surface area contributed by atoms with E-state index in [9.17, 15) is 0 Å². The zero-order valence-electron chi connectivity index (χ0n) is 25.3. The zero-order valence-corrected chi connectivity index (χ0v) is 25.3. The Morgan fingerprint density at radius 1 is 0.902 bits per heavy atom. The Bertz CT molecular complexity index is 1020. The number of ether oxygens (including phenoxy) is 6. The van der Waals surface area contributed by atoms with Gasteiger partial charge >= 0.3 is 0 Å². The van der Waals surface area contributed by atoms with Crippen molar-refractivity contribution in [3.8, 4) is 11.5 Å². The van der Waals surface area contributed by atoms with Crippen molar-refractivity contribution in [2.45, 2.75) is 37.6 Å². The summed E-state index contributed by atoms with van der Waals surface area (Å²) in [5.74, 6) is 1.91. The van der Waals surface area contributed by atoms with E-state index >= 15 is 0 Å². The number of hydrogen-bond acceptors (Lipinski definition) is 9. The van der Waals surface area contributed by atoms with E-state index in [1.807, 2.05) is 0 Å². The summed E-state index contributed by atoms with van der Waals surface area (Å²) in [6.07, 6.45) is 1.82. The molecular formula is C32H49N3O6. The van der Waals surface area contributed by atoms with Crippen LogP contribution in [0.1, 0.15) is 29.9 Å². The van der Waals surface area contributed by atoms with E-state index in [4.69, 9.17) is 28.4 Å². The third-order valence-corrected chi connectivity index (χ3v) is 7.61. The molecule has 2 aliphatic rings. The van der Waals surface area contributed by atoms with Gasteiger partial charge in [0.25, 0.3) is 0 Å². The van der Waals surface area contributed by atoms with E-state index in [1.54, 1.807) is 14.2 Å². The summed E-state index contributed by atoms with van der Waals surface area (Å²) >= 11 is 0. The average molecular weight is 572 g/mol. The number of piperidine rings is 1. The molecule has 1 saturated heterocycles. The molecule has 0 radical (unpaired) electrons. The van der Waals surface area contributed by atoms with Crippen LogP contribution in [0.2, 0.25) is 0 Å². The van der Waals surface area contributed by atoms with E-state index in [0.29, 0.717) is 33.0 Å². The highest BCUT2D eigenvalue weighted by molar-refractivity contribution is 5.61. The second-order valence-electron chi connectivity index (χ2n) is 11.0. The summed E-state index contributed by atoms with van der Waals surface area (Å²) in [4.78, 5) is 4.53. The van der Waals surface area contributed by atoms with Crippen LogP contribution < -0.4 is 19.7 Å². The van der Waals surface area contributed by atoms with Crippen LogP contribution in [0.4, 0.5) is 5.69 Å². The van der Waals surface area contributed by atoms with Crippen molar-refractivity contribution in [1.29, 1.82) is 0 Å². The van der Waals surface area contributed by atoms with E-state index in [2.05, 4.69) is 71.7 Å².